The summed E-state index contributed by atoms with van der Waals surface area (Å²) in [6.07, 6.45) is 0. The van der Waals surface area contributed by atoms with E-state index in [9.17, 15) is 22.4 Å². The van der Waals surface area contributed by atoms with E-state index in [2.05, 4.69) is 0 Å². The lowest BCUT2D eigenvalue weighted by Crippen LogP contribution is -2.01. The zero-order valence-electron chi connectivity index (χ0n) is 8.10. The van der Waals surface area contributed by atoms with Gasteiger partial charge in [0.05, 0.1) is 5.56 Å². The molecule has 2 aromatic rings. The third-order valence-electron chi connectivity index (χ3n) is 2.32. The van der Waals surface area contributed by atoms with E-state index >= 15 is 0 Å². The smallest absolute Gasteiger partial charge is 0.335 e. The minimum Gasteiger partial charge on any atom is -0.478 e. The molecule has 1 N–H and O–H groups in total. The molecule has 0 heterocycles. The Morgan fingerprint density at radius 2 is 1.41 bits per heavy atom. The van der Waals surface area contributed by atoms with E-state index in [1.165, 1.54) is 0 Å². The van der Waals surface area contributed by atoms with Gasteiger partial charge in [0.1, 0.15) is 0 Å². The molecule has 0 aliphatic rings. The molecule has 6 heteroatoms. The van der Waals surface area contributed by atoms with Crippen LogP contribution in [0.2, 0.25) is 0 Å². The lowest BCUT2D eigenvalue weighted by atomic mass is 10.1. The van der Waals surface area contributed by atoms with Crippen molar-refractivity contribution in [2.75, 3.05) is 0 Å². The summed E-state index contributed by atoms with van der Waals surface area (Å²) in [6.45, 7) is 0. The van der Waals surface area contributed by atoms with Crippen LogP contribution in [0.4, 0.5) is 17.6 Å². The van der Waals surface area contributed by atoms with Gasteiger partial charge in [-0.3, -0.25) is 0 Å². The first kappa shape index (κ1) is 11.4. The van der Waals surface area contributed by atoms with Crippen molar-refractivity contribution >= 4 is 16.7 Å². The van der Waals surface area contributed by atoms with Crippen LogP contribution in [-0.4, -0.2) is 11.1 Å². The number of carbonyl (C=O) groups is 1. The highest BCUT2D eigenvalue weighted by Gasteiger charge is 2.20. The summed E-state index contributed by atoms with van der Waals surface area (Å²) in [5.41, 5.74) is -0.346. The molecule has 0 fully saturated rings. The first-order valence-electron chi connectivity index (χ1n) is 4.42. The molecule has 0 radical (unpaired) electrons. The van der Waals surface area contributed by atoms with Crippen molar-refractivity contribution in [2.24, 2.45) is 0 Å². The molecule has 0 saturated carbocycles. The molecule has 2 rings (SSSR count). The molecule has 0 aliphatic carbocycles. The number of carboxylic acids is 1. The molecule has 0 spiro atoms. The minimum absolute atomic E-state index is 0.346. The van der Waals surface area contributed by atoms with Crippen molar-refractivity contribution in [3.63, 3.8) is 0 Å². The number of carboxylic acid groups (broad SMARTS) is 1. The second kappa shape index (κ2) is 3.73. The van der Waals surface area contributed by atoms with Gasteiger partial charge in [-0.1, -0.05) is 6.07 Å². The highest BCUT2D eigenvalue weighted by molar-refractivity contribution is 5.94. The van der Waals surface area contributed by atoms with Gasteiger partial charge in [0, 0.05) is 10.8 Å². The van der Waals surface area contributed by atoms with Gasteiger partial charge in [0.25, 0.3) is 0 Å². The lowest BCUT2D eigenvalue weighted by Gasteiger charge is -2.05. The van der Waals surface area contributed by atoms with Crippen LogP contribution in [0, 0.1) is 23.3 Å². The van der Waals surface area contributed by atoms with Crippen molar-refractivity contribution in [3.8, 4) is 0 Å². The third kappa shape index (κ3) is 1.61. The van der Waals surface area contributed by atoms with Gasteiger partial charge in [-0.2, -0.15) is 0 Å². The molecule has 0 unspecified atom stereocenters. The molecule has 2 aromatic carbocycles. The highest BCUT2D eigenvalue weighted by Crippen LogP contribution is 2.27. The summed E-state index contributed by atoms with van der Waals surface area (Å²) in [4.78, 5) is 10.6. The number of hydrogen-bond donors (Lipinski definition) is 1. The van der Waals surface area contributed by atoms with Gasteiger partial charge in [-0.15, -0.1) is 0 Å². The maximum absolute atomic E-state index is 13.3. The van der Waals surface area contributed by atoms with Crippen molar-refractivity contribution in [1.29, 1.82) is 0 Å². The maximum atomic E-state index is 13.3. The Balaban J connectivity index is 2.91. The minimum atomic E-state index is -1.96. The fourth-order valence-electron chi connectivity index (χ4n) is 1.48. The van der Waals surface area contributed by atoms with Gasteiger partial charge in [0.2, 0.25) is 0 Å². The van der Waals surface area contributed by atoms with Gasteiger partial charge < -0.3 is 5.11 Å². The average molecular weight is 244 g/mol. The van der Waals surface area contributed by atoms with Crippen LogP contribution in [0.1, 0.15) is 10.4 Å². The van der Waals surface area contributed by atoms with Crippen LogP contribution < -0.4 is 0 Å². The standard InChI is InChI=1S/C11H4F4O2/c12-7-5-2-1-4(11(16)17)3-6(5)8(13)10(15)9(7)14/h1-3H,(H,16,17). The van der Waals surface area contributed by atoms with E-state index in [4.69, 9.17) is 5.11 Å². The molecule has 88 valence electrons. The van der Waals surface area contributed by atoms with Crippen LogP contribution in [0.3, 0.4) is 0 Å². The van der Waals surface area contributed by atoms with Crippen LogP contribution in [-0.2, 0) is 0 Å². The predicted octanol–water partition coefficient (Wildman–Crippen LogP) is 3.09. The number of aromatic carboxylic acids is 1. The summed E-state index contributed by atoms with van der Waals surface area (Å²) in [7, 11) is 0. The Hall–Kier alpha value is -2.11. The van der Waals surface area contributed by atoms with Crippen molar-refractivity contribution < 1.29 is 27.5 Å². The molecule has 0 atom stereocenters. The summed E-state index contributed by atoms with van der Waals surface area (Å²) >= 11 is 0. The Morgan fingerprint density at radius 3 is 1.94 bits per heavy atom. The first-order chi connectivity index (χ1) is 7.93. The Bertz CT molecular complexity index is 637. The van der Waals surface area contributed by atoms with Crippen molar-refractivity contribution in [1.82, 2.24) is 0 Å². The first-order valence-corrected chi connectivity index (χ1v) is 4.42. The lowest BCUT2D eigenvalue weighted by molar-refractivity contribution is 0.0697. The van der Waals surface area contributed by atoms with E-state index in [0.717, 1.165) is 18.2 Å². The fraction of sp³-hybridized carbons (Fsp3) is 0. The van der Waals surface area contributed by atoms with Crippen LogP contribution >= 0.6 is 0 Å². The highest BCUT2D eigenvalue weighted by atomic mass is 19.2. The molecule has 17 heavy (non-hydrogen) atoms. The summed E-state index contributed by atoms with van der Waals surface area (Å²) in [6, 6.07) is 2.61. The number of benzene rings is 2. The Morgan fingerprint density at radius 1 is 0.882 bits per heavy atom. The monoisotopic (exact) mass is 244 g/mol. The number of fused-ring (bicyclic) bond motifs is 1. The van der Waals surface area contributed by atoms with Gasteiger partial charge in [-0.05, 0) is 12.1 Å². The Kier molecular flexibility index (Phi) is 2.49. The molecule has 2 nitrogen and oxygen atoms in total. The van der Waals surface area contributed by atoms with Crippen LogP contribution in [0.5, 0.6) is 0 Å². The predicted molar refractivity (Wildman–Crippen MR) is 50.7 cm³/mol. The Labute approximate surface area is 92.1 Å². The summed E-state index contributed by atoms with van der Waals surface area (Å²) in [5, 5.41) is 7.53. The summed E-state index contributed by atoms with van der Waals surface area (Å²) < 4.78 is 52.3. The van der Waals surface area contributed by atoms with E-state index in [-0.39, 0.29) is 5.56 Å². The number of halogens is 4. The number of rotatable bonds is 1. The SMILES string of the molecule is O=C(O)c1ccc2c(F)c(F)c(F)c(F)c2c1. The molecular formula is C11H4F4O2. The molecular weight excluding hydrogens is 240 g/mol. The van der Waals surface area contributed by atoms with E-state index in [1.807, 2.05) is 0 Å². The molecule has 0 aliphatic heterocycles. The van der Waals surface area contributed by atoms with E-state index < -0.39 is 40.0 Å². The third-order valence-corrected chi connectivity index (χ3v) is 2.32. The normalized spacial score (nSPS) is 10.8. The topological polar surface area (TPSA) is 37.3 Å². The average Bonchev–Trinajstić information content (AvgIpc) is 2.32. The van der Waals surface area contributed by atoms with Crippen LogP contribution in [0.15, 0.2) is 18.2 Å². The second-order valence-corrected chi connectivity index (χ2v) is 3.32. The van der Waals surface area contributed by atoms with Crippen molar-refractivity contribution in [2.45, 2.75) is 0 Å². The van der Waals surface area contributed by atoms with E-state index in [0.29, 0.717) is 0 Å². The van der Waals surface area contributed by atoms with Gasteiger partial charge >= 0.3 is 5.97 Å². The quantitative estimate of drug-likeness (QED) is 0.475. The van der Waals surface area contributed by atoms with E-state index in [1.54, 1.807) is 0 Å². The molecule has 0 amide bonds. The molecule has 0 bridgehead atoms. The molecule has 0 aromatic heterocycles. The molecule has 0 saturated heterocycles. The van der Waals surface area contributed by atoms with Gasteiger partial charge in [0.15, 0.2) is 23.3 Å². The zero-order valence-corrected chi connectivity index (χ0v) is 8.10. The number of hydrogen-bond acceptors (Lipinski definition) is 1. The maximum Gasteiger partial charge on any atom is 0.335 e. The van der Waals surface area contributed by atoms with Gasteiger partial charge in [-0.25, -0.2) is 22.4 Å². The largest absolute Gasteiger partial charge is 0.478 e. The second-order valence-electron chi connectivity index (χ2n) is 3.32. The fourth-order valence-corrected chi connectivity index (χ4v) is 1.48. The van der Waals surface area contributed by atoms with Crippen molar-refractivity contribution in [3.05, 3.63) is 47.0 Å². The zero-order chi connectivity index (χ0) is 12.7. The van der Waals surface area contributed by atoms with Crippen LogP contribution in [0.25, 0.3) is 10.8 Å². The summed E-state index contributed by atoms with van der Waals surface area (Å²) in [5.74, 6) is -8.41.